The average Bonchev–Trinajstić information content (AvgIpc) is 2.93. The molecule has 9 nitrogen and oxygen atoms in total. The molecule has 1 saturated heterocycles. The minimum atomic E-state index is 0.0283. The SMILES string of the molecule is CSNc1c(Nc2nc(Nc3ccc(C4CCNCC4)cc3OC(C)C)ncc2Cl)ccc2nccnc12. The Labute approximate surface area is 231 Å². The Morgan fingerprint density at radius 3 is 2.61 bits per heavy atom. The van der Waals surface area contributed by atoms with Crippen molar-refractivity contribution < 1.29 is 4.74 Å². The first-order valence-electron chi connectivity index (χ1n) is 12.6. The number of nitrogens with one attached hydrogen (secondary N) is 4. The van der Waals surface area contributed by atoms with E-state index in [1.165, 1.54) is 17.5 Å². The van der Waals surface area contributed by atoms with Crippen LogP contribution < -0.4 is 25.4 Å². The fourth-order valence-electron chi connectivity index (χ4n) is 4.51. The smallest absolute Gasteiger partial charge is 0.229 e. The molecule has 0 bridgehead atoms. The van der Waals surface area contributed by atoms with E-state index < -0.39 is 0 Å². The number of hydrogen-bond donors (Lipinski definition) is 4. The Kier molecular flexibility index (Phi) is 8.31. The van der Waals surface area contributed by atoms with E-state index in [1.807, 2.05) is 38.3 Å². The Bertz CT molecular complexity index is 1410. The first kappa shape index (κ1) is 26.3. The maximum atomic E-state index is 6.50. The molecular weight excluding hydrogens is 520 g/mol. The molecule has 4 N–H and O–H groups in total. The summed E-state index contributed by atoms with van der Waals surface area (Å²) in [7, 11) is 0. The van der Waals surface area contributed by atoms with Crippen molar-refractivity contribution in [3.05, 3.63) is 59.5 Å². The van der Waals surface area contributed by atoms with Gasteiger partial charge in [-0.25, -0.2) is 4.98 Å². The van der Waals surface area contributed by atoms with Gasteiger partial charge in [-0.2, -0.15) is 4.98 Å². The lowest BCUT2D eigenvalue weighted by atomic mass is 9.90. The Morgan fingerprint density at radius 1 is 1.03 bits per heavy atom. The predicted molar refractivity (Wildman–Crippen MR) is 157 cm³/mol. The maximum absolute atomic E-state index is 6.50. The lowest BCUT2D eigenvalue weighted by Crippen LogP contribution is -2.26. The zero-order chi connectivity index (χ0) is 26.5. The number of fused-ring (bicyclic) bond motifs is 1. The number of piperidine rings is 1. The van der Waals surface area contributed by atoms with Crippen LogP contribution in [0.4, 0.5) is 28.8 Å². The first-order chi connectivity index (χ1) is 18.5. The molecule has 0 amide bonds. The van der Waals surface area contributed by atoms with Crippen LogP contribution in [0.15, 0.2) is 48.9 Å². The van der Waals surface area contributed by atoms with Crippen LogP contribution in [0.3, 0.4) is 0 Å². The lowest BCUT2D eigenvalue weighted by molar-refractivity contribution is 0.243. The summed E-state index contributed by atoms with van der Waals surface area (Å²) in [5.74, 6) is 2.18. The summed E-state index contributed by atoms with van der Waals surface area (Å²) < 4.78 is 9.48. The van der Waals surface area contributed by atoms with Crippen LogP contribution in [0.5, 0.6) is 5.75 Å². The Morgan fingerprint density at radius 2 is 1.82 bits per heavy atom. The van der Waals surface area contributed by atoms with Crippen LogP contribution in [0.25, 0.3) is 11.0 Å². The minimum Gasteiger partial charge on any atom is -0.489 e. The lowest BCUT2D eigenvalue weighted by Gasteiger charge is -2.24. The molecule has 1 fully saturated rings. The van der Waals surface area contributed by atoms with Gasteiger partial charge in [-0.3, -0.25) is 9.97 Å². The molecule has 5 rings (SSSR count). The van der Waals surface area contributed by atoms with Crippen LogP contribution >= 0.6 is 23.5 Å². The van der Waals surface area contributed by atoms with Gasteiger partial charge in [0, 0.05) is 18.6 Å². The second-order valence-corrected chi connectivity index (χ2v) is 10.3. The number of benzene rings is 2. The highest BCUT2D eigenvalue weighted by Gasteiger charge is 2.19. The molecule has 1 aliphatic heterocycles. The third-order valence-electron chi connectivity index (χ3n) is 6.27. The molecule has 0 unspecified atom stereocenters. The maximum Gasteiger partial charge on any atom is 0.229 e. The number of ether oxygens (including phenoxy) is 1. The van der Waals surface area contributed by atoms with E-state index in [0.29, 0.717) is 22.7 Å². The van der Waals surface area contributed by atoms with E-state index in [4.69, 9.17) is 16.3 Å². The van der Waals surface area contributed by atoms with Crippen molar-refractivity contribution in [1.82, 2.24) is 25.3 Å². The van der Waals surface area contributed by atoms with Gasteiger partial charge < -0.3 is 25.4 Å². The molecule has 38 heavy (non-hydrogen) atoms. The summed E-state index contributed by atoms with van der Waals surface area (Å²) in [6.07, 6.45) is 9.15. The molecule has 0 saturated carbocycles. The summed E-state index contributed by atoms with van der Waals surface area (Å²) in [5.41, 5.74) is 5.20. The number of rotatable bonds is 9. The molecule has 2 aromatic carbocycles. The van der Waals surface area contributed by atoms with E-state index >= 15 is 0 Å². The first-order valence-corrected chi connectivity index (χ1v) is 14.2. The highest BCUT2D eigenvalue weighted by Crippen LogP contribution is 2.36. The second kappa shape index (κ2) is 12.0. The average molecular weight is 551 g/mol. The monoisotopic (exact) mass is 550 g/mol. The fourth-order valence-corrected chi connectivity index (χ4v) is 5.06. The van der Waals surface area contributed by atoms with Gasteiger partial charge in [-0.15, -0.1) is 0 Å². The number of nitrogens with zero attached hydrogens (tertiary/aromatic N) is 4. The Hall–Kier alpha value is -3.34. The summed E-state index contributed by atoms with van der Waals surface area (Å²) in [6.45, 7) is 6.13. The molecule has 0 spiro atoms. The van der Waals surface area contributed by atoms with E-state index in [2.05, 4.69) is 52.7 Å². The zero-order valence-corrected chi connectivity index (χ0v) is 23.2. The molecule has 2 aromatic heterocycles. The Balaban J connectivity index is 1.43. The zero-order valence-electron chi connectivity index (χ0n) is 21.6. The number of halogens is 1. The summed E-state index contributed by atoms with van der Waals surface area (Å²) in [4.78, 5) is 18.0. The number of aromatic nitrogens is 4. The van der Waals surface area contributed by atoms with Crippen LogP contribution in [-0.2, 0) is 0 Å². The van der Waals surface area contributed by atoms with Crippen molar-refractivity contribution in [1.29, 1.82) is 0 Å². The molecular formula is C27H31ClN8OS. The molecule has 3 heterocycles. The van der Waals surface area contributed by atoms with Crippen LogP contribution in [0.1, 0.15) is 38.2 Å². The van der Waals surface area contributed by atoms with E-state index in [-0.39, 0.29) is 6.10 Å². The van der Waals surface area contributed by atoms with Crippen LogP contribution in [-0.4, -0.2) is 45.4 Å². The minimum absolute atomic E-state index is 0.0283. The van der Waals surface area contributed by atoms with E-state index in [1.54, 1.807) is 18.6 Å². The summed E-state index contributed by atoms with van der Waals surface area (Å²) in [5, 5.41) is 10.5. The van der Waals surface area contributed by atoms with Gasteiger partial charge in [0.25, 0.3) is 0 Å². The van der Waals surface area contributed by atoms with Gasteiger partial charge in [-0.05, 0) is 75.5 Å². The van der Waals surface area contributed by atoms with E-state index in [0.717, 1.165) is 59.8 Å². The van der Waals surface area contributed by atoms with Gasteiger partial charge in [0.2, 0.25) is 5.95 Å². The van der Waals surface area contributed by atoms with Crippen LogP contribution in [0.2, 0.25) is 5.02 Å². The molecule has 0 radical (unpaired) electrons. The van der Waals surface area contributed by atoms with Crippen molar-refractivity contribution in [2.45, 2.75) is 38.7 Å². The number of anilines is 5. The fraction of sp³-hybridized carbons (Fsp3) is 0.333. The highest BCUT2D eigenvalue weighted by molar-refractivity contribution is 7.99. The molecule has 198 valence electrons. The molecule has 1 aliphatic rings. The normalized spacial score (nSPS) is 14.0. The second-order valence-electron chi connectivity index (χ2n) is 9.31. The third-order valence-corrected chi connectivity index (χ3v) is 6.95. The molecule has 4 aromatic rings. The molecule has 0 aliphatic carbocycles. The highest BCUT2D eigenvalue weighted by atomic mass is 35.5. The quantitative estimate of drug-likeness (QED) is 0.172. The van der Waals surface area contributed by atoms with Crippen molar-refractivity contribution in [3.63, 3.8) is 0 Å². The van der Waals surface area contributed by atoms with Gasteiger partial charge in [0.1, 0.15) is 16.3 Å². The summed E-state index contributed by atoms with van der Waals surface area (Å²) in [6, 6.07) is 10.2. The van der Waals surface area contributed by atoms with Gasteiger partial charge >= 0.3 is 0 Å². The van der Waals surface area contributed by atoms with Crippen molar-refractivity contribution in [3.8, 4) is 5.75 Å². The number of hydrogen-bond acceptors (Lipinski definition) is 10. The topological polar surface area (TPSA) is 109 Å². The summed E-state index contributed by atoms with van der Waals surface area (Å²) >= 11 is 7.97. The van der Waals surface area contributed by atoms with Crippen LogP contribution in [0, 0.1) is 0 Å². The third kappa shape index (κ3) is 6.03. The molecule has 0 atom stereocenters. The largest absolute Gasteiger partial charge is 0.489 e. The molecule has 11 heteroatoms. The predicted octanol–water partition coefficient (Wildman–Crippen LogP) is 6.50. The van der Waals surface area contributed by atoms with Crippen molar-refractivity contribution in [2.24, 2.45) is 0 Å². The van der Waals surface area contributed by atoms with Gasteiger partial charge in [-0.1, -0.05) is 29.6 Å². The van der Waals surface area contributed by atoms with Gasteiger partial charge in [0.05, 0.1) is 34.9 Å². The van der Waals surface area contributed by atoms with Crippen molar-refractivity contribution >= 4 is 63.4 Å². The van der Waals surface area contributed by atoms with Gasteiger partial charge in [0.15, 0.2) is 5.82 Å². The van der Waals surface area contributed by atoms with Crippen molar-refractivity contribution in [2.75, 3.05) is 34.7 Å². The van der Waals surface area contributed by atoms with E-state index in [9.17, 15) is 0 Å². The standard InChI is InChI=1S/C27H31ClN8OS/c1-16(2)37-23-14-18(17-8-10-29-11-9-17)4-5-20(23)34-27-32-15-19(28)26(35-27)33-22-7-6-21-24(25(22)36-38-3)31-13-12-30-21/h4-7,12-17,29,36H,8-11H2,1-3H3,(H2,32,33,34,35).